The van der Waals surface area contributed by atoms with Crippen LogP contribution >= 0.6 is 11.8 Å². The molecule has 1 aromatic carbocycles. The number of anilines is 1. The van der Waals surface area contributed by atoms with Gasteiger partial charge in [-0.05, 0) is 18.6 Å². The number of thioether (sulfide) groups is 1. The summed E-state index contributed by atoms with van der Waals surface area (Å²) in [4.78, 5) is 13.0. The first-order valence-corrected chi connectivity index (χ1v) is 7.05. The number of nitrogens with one attached hydrogen (secondary N) is 1. The minimum absolute atomic E-state index is 0.0719. The van der Waals surface area contributed by atoms with Crippen LogP contribution in [0.15, 0.2) is 18.2 Å². The van der Waals surface area contributed by atoms with Gasteiger partial charge in [-0.15, -0.1) is 0 Å². The summed E-state index contributed by atoms with van der Waals surface area (Å²) in [5, 5.41) is 7.84. The van der Waals surface area contributed by atoms with Crippen LogP contribution in [0.4, 0.5) is 18.9 Å². The fraction of sp³-hybridized carbons (Fsp3) is 0.385. The van der Waals surface area contributed by atoms with Crippen molar-refractivity contribution in [1.82, 2.24) is 0 Å². The number of carbonyl (C=O) groups excluding carboxylic acids is 1. The van der Waals surface area contributed by atoms with Gasteiger partial charge in [0.2, 0.25) is 5.91 Å². The number of benzene rings is 1. The molecule has 0 saturated carbocycles. The van der Waals surface area contributed by atoms with E-state index >= 15 is 0 Å². The number of ether oxygens (including phenoxy) is 1. The van der Waals surface area contributed by atoms with Crippen LogP contribution in [0, 0.1) is 12.3 Å². The molecule has 8 heteroatoms. The van der Waals surface area contributed by atoms with E-state index in [0.717, 1.165) is 17.3 Å². The molecule has 0 aromatic heterocycles. The van der Waals surface area contributed by atoms with Gasteiger partial charge < -0.3 is 4.74 Å². The number of carbonyl (C=O) groups is 1. The maximum absolute atomic E-state index is 12.1. The smallest absolute Gasteiger partial charge is 0.367 e. The lowest BCUT2D eigenvalue weighted by Crippen LogP contribution is -2.30. The molecule has 0 spiro atoms. The number of aryl methyl sites for hydroxylation is 1. The highest BCUT2D eigenvalue weighted by Gasteiger charge is 2.31. The minimum Gasteiger partial charge on any atom is -0.367 e. The second-order valence-corrected chi connectivity index (χ2v) is 5.53. The average molecular weight is 318 g/mol. The van der Waals surface area contributed by atoms with E-state index in [1.807, 2.05) is 0 Å². The predicted molar refractivity (Wildman–Crippen MR) is 74.6 cm³/mol. The number of rotatable bonds is 4. The Balaban J connectivity index is 2.22. The van der Waals surface area contributed by atoms with Crippen LogP contribution in [0.2, 0.25) is 0 Å². The lowest BCUT2D eigenvalue weighted by Gasteiger charge is -2.20. The van der Waals surface area contributed by atoms with Crippen molar-refractivity contribution in [2.45, 2.75) is 19.7 Å². The van der Waals surface area contributed by atoms with Crippen molar-refractivity contribution in [2.75, 3.05) is 17.3 Å². The molecule has 4 nitrogen and oxygen atoms in total. The topological polar surface area (TPSA) is 53.4 Å². The molecule has 0 radical (unpaired) electrons. The first-order chi connectivity index (χ1) is 9.78. The third-order valence-electron chi connectivity index (χ3n) is 2.79. The van der Waals surface area contributed by atoms with Gasteiger partial charge in [0.05, 0.1) is 18.0 Å². The summed E-state index contributed by atoms with van der Waals surface area (Å²) >= 11 is 1.09. The summed E-state index contributed by atoms with van der Waals surface area (Å²) in [6.07, 6.45) is -4.39. The molecule has 0 aliphatic carbocycles. The maximum Gasteiger partial charge on any atom is 0.411 e. The summed E-state index contributed by atoms with van der Waals surface area (Å²) in [7, 11) is 0. The van der Waals surface area contributed by atoms with Crippen molar-refractivity contribution in [3.63, 3.8) is 0 Å². The van der Waals surface area contributed by atoms with E-state index in [0.29, 0.717) is 11.3 Å². The van der Waals surface area contributed by atoms with Gasteiger partial charge in [-0.25, -0.2) is 0 Å². The van der Waals surface area contributed by atoms with Gasteiger partial charge in [-0.1, -0.05) is 23.9 Å². The van der Waals surface area contributed by atoms with E-state index in [1.54, 1.807) is 25.1 Å². The zero-order chi connectivity index (χ0) is 15.6. The highest BCUT2D eigenvalue weighted by molar-refractivity contribution is 8.15. The Kier molecular flexibility index (Phi) is 4.58. The minimum atomic E-state index is -4.39. The molecule has 2 rings (SSSR count). The van der Waals surface area contributed by atoms with E-state index in [4.69, 9.17) is 5.41 Å². The Morgan fingerprint density at radius 2 is 2.14 bits per heavy atom. The molecule has 1 N–H and O–H groups in total. The van der Waals surface area contributed by atoms with Gasteiger partial charge in [0.1, 0.15) is 6.61 Å². The van der Waals surface area contributed by atoms with Gasteiger partial charge in [-0.3, -0.25) is 15.1 Å². The Morgan fingerprint density at radius 3 is 2.71 bits per heavy atom. The molecule has 1 aliphatic heterocycles. The molecular weight excluding hydrogens is 305 g/mol. The van der Waals surface area contributed by atoms with Crippen LogP contribution in [-0.4, -0.2) is 29.6 Å². The number of nitrogens with zero attached hydrogens (tertiary/aromatic N) is 1. The lowest BCUT2D eigenvalue weighted by atomic mass is 10.1. The summed E-state index contributed by atoms with van der Waals surface area (Å²) in [6, 6.07) is 5.02. The van der Waals surface area contributed by atoms with E-state index in [9.17, 15) is 18.0 Å². The number of halogens is 3. The van der Waals surface area contributed by atoms with Crippen LogP contribution < -0.4 is 4.90 Å². The Hall–Kier alpha value is -1.54. The van der Waals surface area contributed by atoms with Crippen LogP contribution in [0.25, 0.3) is 0 Å². The van der Waals surface area contributed by atoms with Crippen LogP contribution in [-0.2, 0) is 16.1 Å². The van der Waals surface area contributed by atoms with Crippen molar-refractivity contribution >= 4 is 28.5 Å². The molecule has 1 heterocycles. The molecule has 0 unspecified atom stereocenters. The van der Waals surface area contributed by atoms with E-state index in [-0.39, 0.29) is 23.4 Å². The summed E-state index contributed by atoms with van der Waals surface area (Å²) in [6.45, 7) is 0.193. The van der Waals surface area contributed by atoms with Crippen LogP contribution in [0.5, 0.6) is 0 Å². The summed E-state index contributed by atoms with van der Waals surface area (Å²) in [5.74, 6) is -0.0945. The number of amides is 1. The van der Waals surface area contributed by atoms with E-state index in [2.05, 4.69) is 4.74 Å². The normalized spacial score (nSPS) is 15.9. The zero-order valence-electron chi connectivity index (χ0n) is 11.2. The molecule has 0 bridgehead atoms. The van der Waals surface area contributed by atoms with Crippen molar-refractivity contribution in [1.29, 1.82) is 5.41 Å². The number of hydrogen-bond acceptors (Lipinski definition) is 4. The highest BCUT2D eigenvalue weighted by Crippen LogP contribution is 2.30. The Bertz CT molecular complexity index is 559. The molecule has 1 amide bonds. The third-order valence-corrected chi connectivity index (χ3v) is 3.64. The van der Waals surface area contributed by atoms with Gasteiger partial charge in [0.15, 0.2) is 5.17 Å². The van der Waals surface area contributed by atoms with E-state index < -0.39 is 12.8 Å². The molecule has 1 saturated heterocycles. The van der Waals surface area contributed by atoms with E-state index in [1.165, 1.54) is 4.90 Å². The van der Waals surface area contributed by atoms with Crippen molar-refractivity contribution in [2.24, 2.45) is 0 Å². The van der Waals surface area contributed by atoms with Crippen molar-refractivity contribution in [3.05, 3.63) is 29.3 Å². The molecule has 0 atom stereocenters. The van der Waals surface area contributed by atoms with Crippen molar-refractivity contribution < 1.29 is 22.7 Å². The quantitative estimate of drug-likeness (QED) is 0.928. The molecule has 21 heavy (non-hydrogen) atoms. The average Bonchev–Trinajstić information content (AvgIpc) is 2.69. The predicted octanol–water partition coefficient (Wildman–Crippen LogP) is 3.09. The summed E-state index contributed by atoms with van der Waals surface area (Å²) < 4.78 is 41.0. The maximum atomic E-state index is 12.1. The van der Waals surface area contributed by atoms with Gasteiger partial charge >= 0.3 is 6.18 Å². The molecule has 1 fully saturated rings. The van der Waals surface area contributed by atoms with Gasteiger partial charge in [0.25, 0.3) is 0 Å². The first kappa shape index (κ1) is 15.8. The molecule has 1 aromatic rings. The summed E-state index contributed by atoms with van der Waals surface area (Å²) in [5.41, 5.74) is 1.71. The van der Waals surface area contributed by atoms with Crippen LogP contribution in [0.3, 0.4) is 0 Å². The van der Waals surface area contributed by atoms with Crippen molar-refractivity contribution in [3.8, 4) is 0 Å². The highest BCUT2D eigenvalue weighted by atomic mass is 32.2. The van der Waals surface area contributed by atoms with Gasteiger partial charge in [-0.2, -0.15) is 13.2 Å². The molecule has 114 valence electrons. The standard InChI is InChI=1S/C13H13F3N2O2S/c1-8-2-3-9(5-20-7-13(14,15)16)10(4-8)18-11(19)6-21-12(18)17/h2-4,17H,5-7H2,1H3. The second-order valence-electron chi connectivity index (χ2n) is 4.56. The fourth-order valence-corrected chi connectivity index (χ4v) is 2.62. The van der Waals surface area contributed by atoms with Gasteiger partial charge in [0, 0.05) is 5.56 Å². The largest absolute Gasteiger partial charge is 0.411 e. The zero-order valence-corrected chi connectivity index (χ0v) is 12.0. The number of hydrogen-bond donors (Lipinski definition) is 1. The third kappa shape index (κ3) is 3.98. The fourth-order valence-electron chi connectivity index (χ4n) is 1.90. The molecular formula is C13H13F3N2O2S. The Morgan fingerprint density at radius 1 is 1.43 bits per heavy atom. The monoisotopic (exact) mass is 318 g/mol. The first-order valence-electron chi connectivity index (χ1n) is 6.06. The lowest BCUT2D eigenvalue weighted by molar-refractivity contribution is -0.176. The number of alkyl halides is 3. The Labute approximate surface area is 123 Å². The van der Waals surface area contributed by atoms with Crippen LogP contribution in [0.1, 0.15) is 11.1 Å². The SMILES string of the molecule is Cc1ccc(COCC(F)(F)F)c(N2C(=N)SCC2=O)c1. The number of amidine groups is 1. The second kappa shape index (κ2) is 6.07. The molecule has 1 aliphatic rings.